The van der Waals surface area contributed by atoms with Gasteiger partial charge in [-0.25, -0.2) is 4.98 Å². The number of aryl methyl sites for hydroxylation is 1. The molecular formula is C24H28N4O2S. The van der Waals surface area contributed by atoms with E-state index in [1.54, 1.807) is 24.3 Å². The van der Waals surface area contributed by atoms with Gasteiger partial charge in [0.05, 0.1) is 11.3 Å². The molecule has 6 nitrogen and oxygen atoms in total. The van der Waals surface area contributed by atoms with Crippen LogP contribution in [0.4, 0.5) is 11.4 Å². The monoisotopic (exact) mass is 436 g/mol. The standard InChI is InChI=1S/C24H28N4O2S/c1-15(29)26-19-6-8-20(9-7-19)27-22(30)14-31-23-17(13-25)11-16-12-18(24(2,3)4)5-10-21(16)28-23/h6-9,11,18H,5,10,12,14H2,1-4H3,(H,26,29)(H,27,30). The van der Waals surface area contributed by atoms with Gasteiger partial charge >= 0.3 is 0 Å². The number of benzene rings is 1. The number of aromatic nitrogens is 1. The maximum atomic E-state index is 12.4. The molecule has 0 fully saturated rings. The highest BCUT2D eigenvalue weighted by molar-refractivity contribution is 8.00. The first-order valence-electron chi connectivity index (χ1n) is 10.4. The van der Waals surface area contributed by atoms with Crippen molar-refractivity contribution in [3.63, 3.8) is 0 Å². The van der Waals surface area contributed by atoms with E-state index in [1.807, 2.05) is 6.07 Å². The summed E-state index contributed by atoms with van der Waals surface area (Å²) in [6.45, 7) is 8.23. The van der Waals surface area contributed by atoms with Crippen molar-refractivity contribution in [3.8, 4) is 6.07 Å². The average Bonchev–Trinajstić information content (AvgIpc) is 2.71. The Labute approximate surface area is 187 Å². The Kier molecular flexibility index (Phi) is 7.01. The minimum atomic E-state index is -0.173. The van der Waals surface area contributed by atoms with Gasteiger partial charge in [-0.1, -0.05) is 32.5 Å². The molecular weight excluding hydrogens is 408 g/mol. The second kappa shape index (κ2) is 9.52. The van der Waals surface area contributed by atoms with Crippen molar-refractivity contribution in [2.75, 3.05) is 16.4 Å². The number of fused-ring (bicyclic) bond motifs is 1. The molecule has 0 saturated heterocycles. The molecule has 0 saturated carbocycles. The summed E-state index contributed by atoms with van der Waals surface area (Å²) in [6.07, 6.45) is 2.94. The van der Waals surface area contributed by atoms with Gasteiger partial charge in [-0.3, -0.25) is 9.59 Å². The van der Waals surface area contributed by atoms with Crippen LogP contribution in [0.2, 0.25) is 0 Å². The number of thioether (sulfide) groups is 1. The first kappa shape index (κ1) is 22.8. The fourth-order valence-corrected chi connectivity index (χ4v) is 4.52. The average molecular weight is 437 g/mol. The molecule has 1 aliphatic carbocycles. The minimum absolute atomic E-state index is 0.145. The molecule has 7 heteroatoms. The lowest BCUT2D eigenvalue weighted by Crippen LogP contribution is -2.27. The Morgan fingerprint density at radius 1 is 1.19 bits per heavy atom. The van der Waals surface area contributed by atoms with Crippen LogP contribution >= 0.6 is 11.8 Å². The van der Waals surface area contributed by atoms with Crippen LogP contribution in [0.3, 0.4) is 0 Å². The highest BCUT2D eigenvalue weighted by Gasteiger charge is 2.30. The number of pyridine rings is 1. The normalized spacial score (nSPS) is 15.5. The summed E-state index contributed by atoms with van der Waals surface area (Å²) in [7, 11) is 0. The van der Waals surface area contributed by atoms with Gasteiger partial charge in [0, 0.05) is 24.0 Å². The minimum Gasteiger partial charge on any atom is -0.326 e. The predicted molar refractivity (Wildman–Crippen MR) is 124 cm³/mol. The Hall–Kier alpha value is -2.85. The topological polar surface area (TPSA) is 94.9 Å². The summed E-state index contributed by atoms with van der Waals surface area (Å²) in [6, 6.07) is 11.1. The largest absolute Gasteiger partial charge is 0.326 e. The van der Waals surface area contributed by atoms with Crippen molar-refractivity contribution in [2.24, 2.45) is 11.3 Å². The molecule has 1 heterocycles. The lowest BCUT2D eigenvalue weighted by atomic mass is 9.71. The van der Waals surface area contributed by atoms with Gasteiger partial charge in [0.15, 0.2) is 0 Å². The van der Waals surface area contributed by atoms with Gasteiger partial charge in [0.2, 0.25) is 11.8 Å². The fourth-order valence-electron chi connectivity index (χ4n) is 3.75. The third kappa shape index (κ3) is 6.08. The first-order valence-corrected chi connectivity index (χ1v) is 11.4. The number of anilines is 2. The summed E-state index contributed by atoms with van der Waals surface area (Å²) in [4.78, 5) is 28.2. The van der Waals surface area contributed by atoms with Gasteiger partial charge in [0.1, 0.15) is 11.1 Å². The molecule has 1 atom stereocenters. The number of nitriles is 1. The van der Waals surface area contributed by atoms with Crippen LogP contribution in [0.25, 0.3) is 0 Å². The highest BCUT2D eigenvalue weighted by atomic mass is 32.2. The lowest BCUT2D eigenvalue weighted by molar-refractivity contribution is -0.114. The molecule has 2 aromatic rings. The molecule has 31 heavy (non-hydrogen) atoms. The predicted octanol–water partition coefficient (Wildman–Crippen LogP) is 4.79. The van der Waals surface area contributed by atoms with Crippen molar-refractivity contribution in [2.45, 2.75) is 52.0 Å². The molecule has 2 N–H and O–H groups in total. The summed E-state index contributed by atoms with van der Waals surface area (Å²) < 4.78 is 0. The maximum absolute atomic E-state index is 12.4. The Bertz CT molecular complexity index is 1020. The van der Waals surface area contributed by atoms with E-state index in [0.29, 0.717) is 27.9 Å². The van der Waals surface area contributed by atoms with E-state index in [4.69, 9.17) is 4.98 Å². The smallest absolute Gasteiger partial charge is 0.234 e. The molecule has 0 spiro atoms. The van der Waals surface area contributed by atoms with Gasteiger partial charge < -0.3 is 10.6 Å². The van der Waals surface area contributed by atoms with Crippen LogP contribution in [-0.2, 0) is 22.4 Å². The van der Waals surface area contributed by atoms with Crippen molar-refractivity contribution in [3.05, 3.63) is 47.2 Å². The molecule has 0 aliphatic heterocycles. The number of nitrogens with one attached hydrogen (secondary N) is 2. The number of hydrogen-bond acceptors (Lipinski definition) is 5. The fraction of sp³-hybridized carbons (Fsp3) is 0.417. The van der Waals surface area contributed by atoms with Gasteiger partial charge in [0.25, 0.3) is 0 Å². The molecule has 1 aromatic heterocycles. The number of rotatable bonds is 5. The van der Waals surface area contributed by atoms with Crippen molar-refractivity contribution in [1.82, 2.24) is 4.98 Å². The molecule has 1 aliphatic rings. The Morgan fingerprint density at radius 2 is 1.84 bits per heavy atom. The third-order valence-corrected chi connectivity index (χ3v) is 6.52. The van der Waals surface area contributed by atoms with Crippen LogP contribution in [0, 0.1) is 22.7 Å². The maximum Gasteiger partial charge on any atom is 0.234 e. The van der Waals surface area contributed by atoms with E-state index in [-0.39, 0.29) is 23.0 Å². The number of hydrogen-bond donors (Lipinski definition) is 2. The summed E-state index contributed by atoms with van der Waals surface area (Å²) >= 11 is 1.29. The van der Waals surface area contributed by atoms with Crippen molar-refractivity contribution in [1.29, 1.82) is 5.26 Å². The second-order valence-electron chi connectivity index (χ2n) is 8.96. The van der Waals surface area contributed by atoms with Gasteiger partial charge in [-0.05, 0) is 66.5 Å². The number of nitrogens with zero attached hydrogens (tertiary/aromatic N) is 2. The molecule has 2 amide bonds. The number of carbonyl (C=O) groups is 2. The van der Waals surface area contributed by atoms with E-state index in [1.165, 1.54) is 18.7 Å². The van der Waals surface area contributed by atoms with E-state index in [0.717, 1.165) is 30.5 Å². The van der Waals surface area contributed by atoms with E-state index >= 15 is 0 Å². The summed E-state index contributed by atoms with van der Waals surface area (Å²) in [5.74, 6) is 0.425. The van der Waals surface area contributed by atoms with Gasteiger partial charge in [-0.2, -0.15) is 5.26 Å². The molecule has 1 unspecified atom stereocenters. The van der Waals surface area contributed by atoms with E-state index < -0.39 is 0 Å². The summed E-state index contributed by atoms with van der Waals surface area (Å²) in [5.41, 5.74) is 4.30. The highest BCUT2D eigenvalue weighted by Crippen LogP contribution is 2.38. The number of amides is 2. The Morgan fingerprint density at radius 3 is 2.42 bits per heavy atom. The van der Waals surface area contributed by atoms with Crippen LogP contribution in [0.1, 0.15) is 50.9 Å². The van der Waals surface area contributed by atoms with Crippen LogP contribution < -0.4 is 10.6 Å². The SMILES string of the molecule is CC(=O)Nc1ccc(NC(=O)CSc2nc3c(cc2C#N)CC(C(C)(C)C)CC3)cc1. The Balaban J connectivity index is 1.63. The van der Waals surface area contributed by atoms with Gasteiger partial charge in [-0.15, -0.1) is 0 Å². The van der Waals surface area contributed by atoms with Crippen LogP contribution in [0.5, 0.6) is 0 Å². The molecule has 162 valence electrons. The molecule has 0 radical (unpaired) electrons. The lowest BCUT2D eigenvalue weighted by Gasteiger charge is -2.34. The number of carbonyl (C=O) groups excluding carboxylic acids is 2. The third-order valence-electron chi connectivity index (χ3n) is 5.53. The van der Waals surface area contributed by atoms with E-state index in [2.05, 4.69) is 37.5 Å². The molecule has 1 aromatic carbocycles. The quantitative estimate of drug-likeness (QED) is 0.657. The first-order chi connectivity index (χ1) is 14.7. The zero-order chi connectivity index (χ0) is 22.6. The molecule has 0 bridgehead atoms. The summed E-state index contributed by atoms with van der Waals surface area (Å²) in [5, 5.41) is 15.7. The van der Waals surface area contributed by atoms with Crippen molar-refractivity contribution < 1.29 is 9.59 Å². The van der Waals surface area contributed by atoms with E-state index in [9.17, 15) is 14.9 Å². The van der Waals surface area contributed by atoms with Crippen molar-refractivity contribution >= 4 is 35.0 Å². The molecule has 3 rings (SSSR count). The second-order valence-corrected chi connectivity index (χ2v) is 9.92. The zero-order valence-electron chi connectivity index (χ0n) is 18.4. The zero-order valence-corrected chi connectivity index (χ0v) is 19.2. The van der Waals surface area contributed by atoms with Crippen LogP contribution in [0.15, 0.2) is 35.4 Å². The van der Waals surface area contributed by atoms with Crippen LogP contribution in [-0.4, -0.2) is 22.6 Å².